The van der Waals surface area contributed by atoms with Crippen molar-refractivity contribution in [2.75, 3.05) is 5.32 Å². The maximum Gasteiger partial charge on any atom is 0.338 e. The first-order valence-corrected chi connectivity index (χ1v) is 8.43. The molecule has 7 nitrogen and oxygen atoms in total. The normalized spacial score (nSPS) is 10.9. The van der Waals surface area contributed by atoms with Crippen LogP contribution >= 0.6 is 0 Å². The van der Waals surface area contributed by atoms with Crippen molar-refractivity contribution in [2.24, 2.45) is 0 Å². The van der Waals surface area contributed by atoms with Gasteiger partial charge in [-0.3, -0.25) is 4.79 Å². The minimum atomic E-state index is -0.387. The molecule has 1 heterocycles. The molecule has 134 valence electrons. The number of carbonyl (C=O) groups excluding carboxylic acids is 2. The van der Waals surface area contributed by atoms with E-state index in [1.807, 2.05) is 13.0 Å². The molecule has 0 unspecified atom stereocenters. The zero-order valence-electron chi connectivity index (χ0n) is 14.9. The van der Waals surface area contributed by atoms with Crippen molar-refractivity contribution in [3.63, 3.8) is 0 Å². The monoisotopic (exact) mass is 352 g/mol. The molecule has 26 heavy (non-hydrogen) atoms. The van der Waals surface area contributed by atoms with Crippen molar-refractivity contribution in [1.82, 2.24) is 15.0 Å². The van der Waals surface area contributed by atoms with Crippen LogP contribution in [0, 0.1) is 0 Å². The van der Waals surface area contributed by atoms with Crippen molar-refractivity contribution >= 4 is 28.6 Å². The van der Waals surface area contributed by atoms with Gasteiger partial charge in [-0.05, 0) is 63.2 Å². The van der Waals surface area contributed by atoms with Crippen molar-refractivity contribution < 1.29 is 14.3 Å². The third kappa shape index (κ3) is 3.72. The van der Waals surface area contributed by atoms with Crippen molar-refractivity contribution in [1.29, 1.82) is 0 Å². The molecule has 0 atom stereocenters. The van der Waals surface area contributed by atoms with E-state index in [9.17, 15) is 9.59 Å². The van der Waals surface area contributed by atoms with E-state index in [0.29, 0.717) is 28.9 Å². The molecule has 2 aromatic carbocycles. The molecule has 0 radical (unpaired) electrons. The SMILES string of the molecule is CCn1nnc2cc(C(=O)Nc3ccc(C(=O)OC(C)C)cc3)ccc21. The number of esters is 1. The van der Waals surface area contributed by atoms with E-state index >= 15 is 0 Å². The van der Waals surface area contributed by atoms with Crippen LogP contribution < -0.4 is 5.32 Å². The first-order chi connectivity index (χ1) is 12.5. The topological polar surface area (TPSA) is 86.1 Å². The molecule has 0 saturated heterocycles. The fourth-order valence-electron chi connectivity index (χ4n) is 2.52. The Morgan fingerprint density at radius 3 is 2.46 bits per heavy atom. The third-order valence-corrected chi connectivity index (χ3v) is 3.80. The van der Waals surface area contributed by atoms with Crippen molar-refractivity contribution in [2.45, 2.75) is 33.4 Å². The summed E-state index contributed by atoms with van der Waals surface area (Å²) in [7, 11) is 0. The summed E-state index contributed by atoms with van der Waals surface area (Å²) in [6.07, 6.45) is -0.178. The minimum absolute atomic E-state index is 0.178. The second-order valence-electron chi connectivity index (χ2n) is 6.09. The highest BCUT2D eigenvalue weighted by molar-refractivity contribution is 6.06. The van der Waals surface area contributed by atoms with Crippen LogP contribution in [0.25, 0.3) is 11.0 Å². The Balaban J connectivity index is 1.72. The number of nitrogens with zero attached hydrogens (tertiary/aromatic N) is 3. The lowest BCUT2D eigenvalue weighted by Gasteiger charge is -2.09. The number of nitrogens with one attached hydrogen (secondary N) is 1. The number of hydrogen-bond donors (Lipinski definition) is 1. The van der Waals surface area contributed by atoms with Crippen molar-refractivity contribution in [3.8, 4) is 0 Å². The molecule has 0 saturated carbocycles. The molecule has 0 fully saturated rings. The van der Waals surface area contributed by atoms with Gasteiger partial charge in [0.1, 0.15) is 5.52 Å². The number of benzene rings is 2. The smallest absolute Gasteiger partial charge is 0.338 e. The number of carbonyl (C=O) groups is 2. The number of rotatable bonds is 5. The number of aromatic nitrogens is 3. The third-order valence-electron chi connectivity index (χ3n) is 3.80. The highest BCUT2D eigenvalue weighted by atomic mass is 16.5. The van der Waals surface area contributed by atoms with Crippen LogP contribution in [0.15, 0.2) is 42.5 Å². The summed E-state index contributed by atoms with van der Waals surface area (Å²) in [4.78, 5) is 24.3. The van der Waals surface area contributed by atoms with E-state index in [1.54, 1.807) is 54.9 Å². The number of amides is 1. The Bertz CT molecular complexity index is 945. The second-order valence-corrected chi connectivity index (χ2v) is 6.09. The largest absolute Gasteiger partial charge is 0.459 e. The fourth-order valence-corrected chi connectivity index (χ4v) is 2.52. The lowest BCUT2D eigenvalue weighted by atomic mass is 10.1. The highest BCUT2D eigenvalue weighted by Crippen LogP contribution is 2.16. The summed E-state index contributed by atoms with van der Waals surface area (Å²) in [5, 5.41) is 10.9. The molecule has 0 spiro atoms. The summed E-state index contributed by atoms with van der Waals surface area (Å²) in [6.45, 7) is 6.29. The maximum atomic E-state index is 12.4. The molecule has 0 aliphatic carbocycles. The lowest BCUT2D eigenvalue weighted by Crippen LogP contribution is -2.13. The zero-order chi connectivity index (χ0) is 18.7. The first kappa shape index (κ1) is 17.6. The molecule has 0 aliphatic rings. The minimum Gasteiger partial charge on any atom is -0.459 e. The Hall–Kier alpha value is -3.22. The van der Waals surface area contributed by atoms with Crippen LogP contribution in [0.3, 0.4) is 0 Å². The average molecular weight is 352 g/mol. The number of aryl methyl sites for hydroxylation is 1. The van der Waals surface area contributed by atoms with Gasteiger partial charge in [-0.1, -0.05) is 5.21 Å². The molecule has 3 aromatic rings. The summed E-state index contributed by atoms with van der Waals surface area (Å²) in [5.74, 6) is -0.641. The van der Waals surface area contributed by atoms with Gasteiger partial charge < -0.3 is 10.1 Å². The van der Waals surface area contributed by atoms with E-state index in [0.717, 1.165) is 5.52 Å². The Morgan fingerprint density at radius 2 is 1.81 bits per heavy atom. The highest BCUT2D eigenvalue weighted by Gasteiger charge is 2.12. The molecular formula is C19H20N4O3. The van der Waals surface area contributed by atoms with E-state index in [4.69, 9.17) is 4.74 Å². The van der Waals surface area contributed by atoms with Gasteiger partial charge in [0, 0.05) is 17.8 Å². The zero-order valence-corrected chi connectivity index (χ0v) is 14.9. The number of ether oxygens (including phenoxy) is 1. The predicted molar refractivity (Wildman–Crippen MR) is 98.1 cm³/mol. The first-order valence-electron chi connectivity index (χ1n) is 8.43. The molecule has 1 N–H and O–H groups in total. The van der Waals surface area contributed by atoms with Crippen LogP contribution in [0.4, 0.5) is 5.69 Å². The molecule has 3 rings (SSSR count). The summed E-state index contributed by atoms with van der Waals surface area (Å²) < 4.78 is 6.91. The van der Waals surface area contributed by atoms with Crippen molar-refractivity contribution in [3.05, 3.63) is 53.6 Å². The number of fused-ring (bicyclic) bond motifs is 1. The predicted octanol–water partition coefficient (Wildman–Crippen LogP) is 3.27. The van der Waals surface area contributed by atoms with Crippen LogP contribution in [0.5, 0.6) is 0 Å². The fraction of sp³-hybridized carbons (Fsp3) is 0.263. The lowest BCUT2D eigenvalue weighted by molar-refractivity contribution is 0.0378. The van der Waals surface area contributed by atoms with Gasteiger partial charge in [-0.25, -0.2) is 9.48 Å². The maximum absolute atomic E-state index is 12.4. The van der Waals surface area contributed by atoms with Gasteiger partial charge in [0.05, 0.1) is 17.2 Å². The Morgan fingerprint density at radius 1 is 1.12 bits per heavy atom. The molecule has 1 amide bonds. The van der Waals surface area contributed by atoms with Crippen LogP contribution in [0.1, 0.15) is 41.5 Å². The number of hydrogen-bond acceptors (Lipinski definition) is 5. The van der Waals surface area contributed by atoms with E-state index < -0.39 is 0 Å². The summed E-state index contributed by atoms with van der Waals surface area (Å²) in [5.41, 5.74) is 3.08. The van der Waals surface area contributed by atoms with Crippen LogP contribution in [0.2, 0.25) is 0 Å². The molecule has 0 aliphatic heterocycles. The second kappa shape index (κ2) is 7.35. The van der Waals surface area contributed by atoms with Gasteiger partial charge in [0.25, 0.3) is 5.91 Å². The number of anilines is 1. The Labute approximate surface area is 151 Å². The van der Waals surface area contributed by atoms with Crippen LogP contribution in [-0.4, -0.2) is 33.0 Å². The van der Waals surface area contributed by atoms with E-state index in [2.05, 4.69) is 15.6 Å². The van der Waals surface area contributed by atoms with Gasteiger partial charge in [-0.2, -0.15) is 0 Å². The molecule has 1 aromatic heterocycles. The quantitative estimate of drug-likeness (QED) is 0.712. The summed E-state index contributed by atoms with van der Waals surface area (Å²) >= 11 is 0. The molecular weight excluding hydrogens is 332 g/mol. The Kier molecular flexibility index (Phi) is 4.97. The van der Waals surface area contributed by atoms with Gasteiger partial charge in [0.15, 0.2) is 0 Å². The van der Waals surface area contributed by atoms with E-state index in [1.165, 1.54) is 0 Å². The average Bonchev–Trinajstić information content (AvgIpc) is 3.04. The van der Waals surface area contributed by atoms with Gasteiger partial charge in [0.2, 0.25) is 0 Å². The van der Waals surface area contributed by atoms with Gasteiger partial charge in [-0.15, -0.1) is 5.10 Å². The summed E-state index contributed by atoms with van der Waals surface area (Å²) in [6, 6.07) is 11.9. The molecule has 7 heteroatoms. The van der Waals surface area contributed by atoms with Crippen LogP contribution in [-0.2, 0) is 11.3 Å². The van der Waals surface area contributed by atoms with Gasteiger partial charge >= 0.3 is 5.97 Å². The molecule has 0 bridgehead atoms. The van der Waals surface area contributed by atoms with E-state index in [-0.39, 0.29) is 18.0 Å². The standard InChI is InChI=1S/C19H20N4O3/c1-4-23-17-10-7-14(11-16(17)21-22-23)18(24)20-15-8-5-13(6-9-15)19(25)26-12(2)3/h5-12H,4H2,1-3H3,(H,20,24).